The Morgan fingerprint density at radius 1 is 0.792 bits per heavy atom. The first-order valence-corrected chi connectivity index (χ1v) is 9.21. The summed E-state index contributed by atoms with van der Waals surface area (Å²) in [6, 6.07) is 16.1. The number of fused-ring (bicyclic) bond motifs is 3. The molecular formula is C23H23N. The highest BCUT2D eigenvalue weighted by atomic mass is 14.7. The Bertz CT molecular complexity index is 940. The SMILES string of the molecule is Cc1ccc2c(-c3ccc4c(c3)C3CCC4CC3)nc(C)cc2c1. The van der Waals surface area contributed by atoms with Crippen LogP contribution in [0.25, 0.3) is 22.0 Å². The van der Waals surface area contributed by atoms with E-state index in [0.29, 0.717) is 0 Å². The highest BCUT2D eigenvalue weighted by molar-refractivity contribution is 5.95. The lowest BCUT2D eigenvalue weighted by Gasteiger charge is -2.38. The molecule has 1 heteroatoms. The van der Waals surface area contributed by atoms with E-state index in [0.717, 1.165) is 23.2 Å². The molecule has 1 fully saturated rings. The summed E-state index contributed by atoms with van der Waals surface area (Å²) in [6.45, 7) is 4.26. The van der Waals surface area contributed by atoms with Crippen molar-refractivity contribution in [3.05, 3.63) is 64.8 Å². The summed E-state index contributed by atoms with van der Waals surface area (Å²) < 4.78 is 0. The predicted molar refractivity (Wildman–Crippen MR) is 101 cm³/mol. The molecular weight excluding hydrogens is 290 g/mol. The third-order valence-corrected chi connectivity index (χ3v) is 6.08. The molecule has 24 heavy (non-hydrogen) atoms. The highest BCUT2D eigenvalue weighted by Crippen LogP contribution is 2.50. The molecule has 3 aliphatic carbocycles. The summed E-state index contributed by atoms with van der Waals surface area (Å²) in [5, 5.41) is 2.57. The van der Waals surface area contributed by atoms with Crippen LogP contribution in [0, 0.1) is 13.8 Å². The van der Waals surface area contributed by atoms with Gasteiger partial charge in [0.25, 0.3) is 0 Å². The predicted octanol–water partition coefficient (Wildman–Crippen LogP) is 6.27. The zero-order valence-corrected chi connectivity index (χ0v) is 14.5. The zero-order chi connectivity index (χ0) is 16.3. The minimum Gasteiger partial charge on any atom is -0.252 e. The standard InChI is InChI=1S/C23H23N/c1-14-3-9-21-19(11-14)12-15(2)24-23(21)18-8-10-20-16-4-6-17(7-5-16)22(20)13-18/h3,8-13,16-17H,4-7H2,1-2H3. The number of aromatic nitrogens is 1. The molecule has 2 bridgehead atoms. The van der Waals surface area contributed by atoms with Gasteiger partial charge in [0, 0.05) is 16.6 Å². The lowest BCUT2D eigenvalue weighted by atomic mass is 9.67. The van der Waals surface area contributed by atoms with Gasteiger partial charge < -0.3 is 0 Å². The Morgan fingerprint density at radius 2 is 1.54 bits per heavy atom. The Balaban J connectivity index is 1.72. The Labute approximate surface area is 143 Å². The lowest BCUT2D eigenvalue weighted by Crippen LogP contribution is -2.21. The van der Waals surface area contributed by atoms with Gasteiger partial charge in [0.2, 0.25) is 0 Å². The Kier molecular flexibility index (Phi) is 3.06. The topological polar surface area (TPSA) is 12.9 Å². The van der Waals surface area contributed by atoms with E-state index < -0.39 is 0 Å². The fourth-order valence-electron chi connectivity index (χ4n) is 4.89. The van der Waals surface area contributed by atoms with E-state index in [1.54, 1.807) is 11.1 Å². The summed E-state index contributed by atoms with van der Waals surface area (Å²) >= 11 is 0. The number of hydrogen-bond donors (Lipinski definition) is 0. The van der Waals surface area contributed by atoms with Crippen molar-refractivity contribution in [3.8, 4) is 11.3 Å². The molecule has 1 heterocycles. The van der Waals surface area contributed by atoms with Crippen LogP contribution in [0.4, 0.5) is 0 Å². The van der Waals surface area contributed by atoms with E-state index >= 15 is 0 Å². The van der Waals surface area contributed by atoms with Gasteiger partial charge in [0.1, 0.15) is 0 Å². The summed E-state index contributed by atoms with van der Waals surface area (Å²) in [7, 11) is 0. The zero-order valence-electron chi connectivity index (χ0n) is 14.5. The van der Waals surface area contributed by atoms with E-state index in [2.05, 4.69) is 56.3 Å². The molecule has 1 saturated carbocycles. The van der Waals surface area contributed by atoms with Crippen molar-refractivity contribution in [2.24, 2.45) is 0 Å². The van der Waals surface area contributed by atoms with Crippen molar-refractivity contribution < 1.29 is 0 Å². The van der Waals surface area contributed by atoms with Crippen LogP contribution in [0.5, 0.6) is 0 Å². The summed E-state index contributed by atoms with van der Waals surface area (Å²) in [6.07, 6.45) is 5.54. The molecule has 0 N–H and O–H groups in total. The molecule has 3 aromatic rings. The molecule has 0 unspecified atom stereocenters. The molecule has 120 valence electrons. The second-order valence-electron chi connectivity index (χ2n) is 7.73. The first kappa shape index (κ1) is 14.2. The molecule has 0 amide bonds. The molecule has 0 aliphatic heterocycles. The number of hydrogen-bond acceptors (Lipinski definition) is 1. The van der Waals surface area contributed by atoms with Crippen molar-refractivity contribution >= 4 is 10.8 Å². The first-order valence-electron chi connectivity index (χ1n) is 9.21. The van der Waals surface area contributed by atoms with E-state index in [4.69, 9.17) is 4.98 Å². The summed E-state index contributed by atoms with van der Waals surface area (Å²) in [5.74, 6) is 1.59. The molecule has 0 saturated heterocycles. The van der Waals surface area contributed by atoms with Gasteiger partial charge in [-0.05, 0) is 80.0 Å². The van der Waals surface area contributed by atoms with Crippen LogP contribution in [0.1, 0.15) is 59.9 Å². The van der Waals surface area contributed by atoms with Gasteiger partial charge in [-0.15, -0.1) is 0 Å². The number of pyridine rings is 1. The largest absolute Gasteiger partial charge is 0.252 e. The van der Waals surface area contributed by atoms with Crippen LogP contribution in [0.2, 0.25) is 0 Å². The van der Waals surface area contributed by atoms with Gasteiger partial charge in [0.05, 0.1) is 5.69 Å². The van der Waals surface area contributed by atoms with Gasteiger partial charge >= 0.3 is 0 Å². The quantitative estimate of drug-likeness (QED) is 0.515. The smallest absolute Gasteiger partial charge is 0.0783 e. The van der Waals surface area contributed by atoms with E-state index in [1.807, 2.05) is 0 Å². The maximum Gasteiger partial charge on any atom is 0.0783 e. The van der Waals surface area contributed by atoms with Crippen molar-refractivity contribution in [2.45, 2.75) is 51.4 Å². The molecule has 0 radical (unpaired) electrons. The fourth-order valence-corrected chi connectivity index (χ4v) is 4.89. The van der Waals surface area contributed by atoms with Crippen LogP contribution < -0.4 is 0 Å². The van der Waals surface area contributed by atoms with Gasteiger partial charge in [-0.1, -0.05) is 35.9 Å². The highest BCUT2D eigenvalue weighted by Gasteiger charge is 2.32. The maximum absolute atomic E-state index is 4.91. The molecule has 0 spiro atoms. The van der Waals surface area contributed by atoms with Gasteiger partial charge in [-0.2, -0.15) is 0 Å². The number of aryl methyl sites for hydroxylation is 2. The van der Waals surface area contributed by atoms with Crippen molar-refractivity contribution in [1.29, 1.82) is 0 Å². The Morgan fingerprint density at radius 3 is 2.33 bits per heavy atom. The average molecular weight is 313 g/mol. The number of rotatable bonds is 1. The fraction of sp³-hybridized carbons (Fsp3) is 0.348. The average Bonchev–Trinajstić information content (AvgIpc) is 2.61. The molecule has 6 rings (SSSR count). The Hall–Kier alpha value is -2.15. The number of benzene rings is 2. The van der Waals surface area contributed by atoms with Crippen molar-refractivity contribution in [2.75, 3.05) is 0 Å². The molecule has 1 nitrogen and oxygen atoms in total. The number of nitrogens with zero attached hydrogens (tertiary/aromatic N) is 1. The van der Waals surface area contributed by atoms with Crippen molar-refractivity contribution in [3.63, 3.8) is 0 Å². The van der Waals surface area contributed by atoms with E-state index in [9.17, 15) is 0 Å². The van der Waals surface area contributed by atoms with Crippen LogP contribution in [-0.2, 0) is 0 Å². The second-order valence-corrected chi connectivity index (χ2v) is 7.73. The molecule has 1 aromatic heterocycles. The lowest BCUT2D eigenvalue weighted by molar-refractivity contribution is 0.359. The third kappa shape index (κ3) is 2.11. The normalized spacial score (nSPS) is 21.9. The monoisotopic (exact) mass is 313 g/mol. The maximum atomic E-state index is 4.91. The van der Waals surface area contributed by atoms with E-state index in [-0.39, 0.29) is 0 Å². The molecule has 2 aromatic carbocycles. The van der Waals surface area contributed by atoms with Gasteiger partial charge in [0.15, 0.2) is 0 Å². The van der Waals surface area contributed by atoms with E-state index in [1.165, 1.54) is 47.6 Å². The van der Waals surface area contributed by atoms with Crippen LogP contribution in [0.15, 0.2) is 42.5 Å². The second kappa shape index (κ2) is 5.17. The van der Waals surface area contributed by atoms with Crippen molar-refractivity contribution in [1.82, 2.24) is 4.98 Å². The minimum atomic E-state index is 0.781. The van der Waals surface area contributed by atoms with Crippen LogP contribution in [-0.4, -0.2) is 4.98 Å². The van der Waals surface area contributed by atoms with Gasteiger partial charge in [-0.3, -0.25) is 4.98 Å². The first-order chi connectivity index (χ1) is 11.7. The summed E-state index contributed by atoms with van der Waals surface area (Å²) in [4.78, 5) is 4.91. The molecule has 3 aliphatic rings. The summed E-state index contributed by atoms with van der Waals surface area (Å²) in [5.41, 5.74) is 8.07. The van der Waals surface area contributed by atoms with Crippen LogP contribution in [0.3, 0.4) is 0 Å². The third-order valence-electron chi connectivity index (χ3n) is 6.08. The minimum absolute atomic E-state index is 0.781. The van der Waals surface area contributed by atoms with Gasteiger partial charge in [-0.25, -0.2) is 0 Å². The molecule has 0 atom stereocenters. The van der Waals surface area contributed by atoms with Crippen LogP contribution >= 0.6 is 0 Å².